The number of hydrogen-bond acceptors (Lipinski definition) is 4. The molecule has 1 rings (SSSR count). The second-order valence-electron chi connectivity index (χ2n) is 4.33. The Labute approximate surface area is 114 Å². The highest BCUT2D eigenvalue weighted by atomic mass is 31.2. The summed E-state index contributed by atoms with van der Waals surface area (Å²) in [4.78, 5) is 36.1. The molecule has 0 radical (unpaired) electrons. The van der Waals surface area contributed by atoms with E-state index in [1.807, 2.05) is 0 Å². The van der Waals surface area contributed by atoms with Crippen molar-refractivity contribution in [3.8, 4) is 0 Å². The summed E-state index contributed by atoms with van der Waals surface area (Å²) in [5, 5.41) is 6.29. The lowest BCUT2D eigenvalue weighted by atomic mass is 10.4. The highest BCUT2D eigenvalue weighted by Gasteiger charge is 2.61. The molecule has 1 aromatic rings. The largest absolute Gasteiger partial charge is 0.373 e. The van der Waals surface area contributed by atoms with Crippen molar-refractivity contribution in [2.75, 3.05) is 6.54 Å². The van der Waals surface area contributed by atoms with Gasteiger partial charge < -0.3 is 30.4 Å². The first-order valence-corrected chi connectivity index (χ1v) is 8.82. The van der Waals surface area contributed by atoms with E-state index >= 15 is 0 Å². The van der Waals surface area contributed by atoms with Gasteiger partial charge in [0.2, 0.25) is 6.33 Å². The maximum Gasteiger partial charge on any atom is 0.373 e. The van der Waals surface area contributed by atoms with Gasteiger partial charge >= 0.3 is 20.3 Å². The first-order chi connectivity index (χ1) is 9.01. The molecule has 0 aliphatic rings. The number of imidazole rings is 1. The second-order valence-corrected chi connectivity index (χ2v) is 8.34. The average molecular weight is 330 g/mol. The van der Waals surface area contributed by atoms with Crippen LogP contribution in [0.2, 0.25) is 0 Å². The van der Waals surface area contributed by atoms with Crippen molar-refractivity contribution in [1.82, 2.24) is 4.57 Å². The summed E-state index contributed by atoms with van der Waals surface area (Å²) in [6.07, 6.45) is 4.91. The lowest BCUT2D eigenvalue weighted by Crippen LogP contribution is -2.46. The molecule has 0 bridgehead atoms. The van der Waals surface area contributed by atoms with E-state index in [0.717, 1.165) is 4.57 Å². The number of rotatable bonds is 7. The third kappa shape index (κ3) is 3.75. The van der Waals surface area contributed by atoms with Crippen LogP contribution in [0, 0.1) is 0 Å². The van der Waals surface area contributed by atoms with E-state index in [1.54, 1.807) is 4.57 Å². The SMILES string of the molecule is NCCCn1cc[n+](CC(O)(P(=O)(O)O)P(=O)(O)O)c1. The summed E-state index contributed by atoms with van der Waals surface area (Å²) in [7, 11) is -10.9. The van der Waals surface area contributed by atoms with E-state index in [4.69, 9.17) is 25.3 Å². The van der Waals surface area contributed by atoms with Crippen molar-refractivity contribution in [3.63, 3.8) is 0 Å². The molecule has 116 valence electrons. The molecule has 1 heterocycles. The van der Waals surface area contributed by atoms with Crippen LogP contribution in [0.15, 0.2) is 18.7 Å². The Morgan fingerprint density at radius 2 is 1.75 bits per heavy atom. The van der Waals surface area contributed by atoms with Gasteiger partial charge in [-0.2, -0.15) is 0 Å². The Bertz CT molecular complexity index is 526. The van der Waals surface area contributed by atoms with Crippen LogP contribution in [0.5, 0.6) is 0 Å². The Kier molecular flexibility index (Phi) is 5.29. The van der Waals surface area contributed by atoms with Crippen LogP contribution in [-0.4, -0.2) is 40.9 Å². The predicted octanol–water partition coefficient (Wildman–Crippen LogP) is -1.87. The second kappa shape index (κ2) is 6.05. The number of aliphatic hydroxyl groups is 1. The molecule has 0 atom stereocenters. The fourth-order valence-electron chi connectivity index (χ4n) is 1.54. The van der Waals surface area contributed by atoms with Crippen molar-refractivity contribution in [2.45, 2.75) is 24.6 Å². The van der Waals surface area contributed by atoms with E-state index in [1.165, 1.54) is 18.7 Å². The number of aromatic nitrogens is 2. The summed E-state index contributed by atoms with van der Waals surface area (Å²) >= 11 is 0. The number of nitrogens with two attached hydrogens (primary N) is 1. The number of hydrogen-bond donors (Lipinski definition) is 6. The third-order valence-corrected chi connectivity index (χ3v) is 6.41. The molecule has 0 aromatic carbocycles. The fraction of sp³-hybridized carbons (Fsp3) is 0.625. The van der Waals surface area contributed by atoms with E-state index in [9.17, 15) is 14.2 Å². The fourth-order valence-corrected chi connectivity index (χ4v) is 3.59. The van der Waals surface area contributed by atoms with Crippen LogP contribution in [0.4, 0.5) is 0 Å². The van der Waals surface area contributed by atoms with Crippen molar-refractivity contribution >= 4 is 15.2 Å². The molecule has 0 aliphatic heterocycles. The van der Waals surface area contributed by atoms with Gasteiger partial charge in [0, 0.05) is 0 Å². The molecule has 0 saturated carbocycles. The number of aryl methyl sites for hydroxylation is 1. The summed E-state index contributed by atoms with van der Waals surface area (Å²) in [6.45, 7) is 0.0536. The summed E-state index contributed by atoms with van der Waals surface area (Å²) < 4.78 is 25.1. The van der Waals surface area contributed by atoms with Crippen LogP contribution < -0.4 is 10.3 Å². The van der Waals surface area contributed by atoms with Crippen molar-refractivity contribution < 1.29 is 38.4 Å². The van der Waals surface area contributed by atoms with Crippen molar-refractivity contribution in [2.24, 2.45) is 5.73 Å². The van der Waals surface area contributed by atoms with Gasteiger partial charge in [0.25, 0.3) is 0 Å². The summed E-state index contributed by atoms with van der Waals surface area (Å²) in [5.41, 5.74) is 5.33. The summed E-state index contributed by atoms with van der Waals surface area (Å²) in [5.74, 6) is 0. The summed E-state index contributed by atoms with van der Waals surface area (Å²) in [6, 6.07) is 0. The monoisotopic (exact) mass is 330 g/mol. The van der Waals surface area contributed by atoms with Gasteiger partial charge in [0.1, 0.15) is 18.9 Å². The topological polar surface area (TPSA) is 170 Å². The van der Waals surface area contributed by atoms with Crippen molar-refractivity contribution in [3.05, 3.63) is 18.7 Å². The highest BCUT2D eigenvalue weighted by molar-refractivity contribution is 7.72. The molecule has 0 spiro atoms. The molecule has 0 unspecified atom stereocenters. The molecular weight excluding hydrogens is 312 g/mol. The molecule has 7 N–H and O–H groups in total. The van der Waals surface area contributed by atoms with Crippen LogP contribution in [0.3, 0.4) is 0 Å². The van der Waals surface area contributed by atoms with E-state index < -0.39 is 26.8 Å². The smallest absolute Gasteiger partial charge is 0.365 e. The molecule has 0 fully saturated rings. The minimum atomic E-state index is -5.44. The van der Waals surface area contributed by atoms with Crippen LogP contribution >= 0.6 is 15.2 Å². The molecule has 10 nitrogen and oxygen atoms in total. The minimum absolute atomic E-state index is 0.451. The molecule has 20 heavy (non-hydrogen) atoms. The van der Waals surface area contributed by atoms with Crippen LogP contribution in [0.1, 0.15) is 6.42 Å². The zero-order chi connectivity index (χ0) is 15.6. The van der Waals surface area contributed by atoms with E-state index in [2.05, 4.69) is 0 Å². The van der Waals surface area contributed by atoms with Gasteiger partial charge in [-0.15, -0.1) is 0 Å². The van der Waals surface area contributed by atoms with Gasteiger partial charge in [-0.05, 0) is 13.0 Å². The molecule has 0 saturated heterocycles. The molecule has 12 heteroatoms. The zero-order valence-corrected chi connectivity index (χ0v) is 12.3. The quantitative estimate of drug-likeness (QED) is 0.249. The van der Waals surface area contributed by atoms with Gasteiger partial charge in [-0.25, -0.2) is 9.13 Å². The van der Waals surface area contributed by atoms with Crippen LogP contribution in [-0.2, 0) is 22.2 Å². The van der Waals surface area contributed by atoms with Crippen LogP contribution in [0.25, 0.3) is 0 Å². The van der Waals surface area contributed by atoms with E-state index in [-0.39, 0.29) is 0 Å². The first-order valence-electron chi connectivity index (χ1n) is 5.60. The molecule has 1 aromatic heterocycles. The first kappa shape index (κ1) is 17.5. The van der Waals surface area contributed by atoms with Crippen molar-refractivity contribution in [1.29, 1.82) is 0 Å². The molecule has 0 amide bonds. The average Bonchev–Trinajstić information content (AvgIpc) is 2.71. The lowest BCUT2D eigenvalue weighted by molar-refractivity contribution is -0.703. The predicted molar refractivity (Wildman–Crippen MR) is 67.3 cm³/mol. The molecular formula is C8H18N3O7P2+. The zero-order valence-electron chi connectivity index (χ0n) is 10.5. The number of nitrogens with zero attached hydrogens (tertiary/aromatic N) is 2. The van der Waals surface area contributed by atoms with Gasteiger partial charge in [-0.1, -0.05) is 0 Å². The lowest BCUT2D eigenvalue weighted by Gasteiger charge is -2.27. The Hall–Kier alpha value is -0.570. The van der Waals surface area contributed by atoms with Gasteiger partial charge in [0.05, 0.1) is 6.54 Å². The molecule has 0 aliphatic carbocycles. The highest BCUT2D eigenvalue weighted by Crippen LogP contribution is 2.67. The normalized spacial score (nSPS) is 13.7. The standard InChI is InChI=1S/C8H17N3O7P2/c9-2-1-3-10-4-5-11(7-10)6-8(12,19(13,14)15)20(16,17)18/h4-5,7,12H,1-3,6,9H2,(H3-,13,14,15,16,17,18)/p+1. The minimum Gasteiger partial charge on any atom is -0.365 e. The van der Waals surface area contributed by atoms with Gasteiger partial charge in [-0.3, -0.25) is 9.13 Å². The third-order valence-electron chi connectivity index (χ3n) is 2.69. The van der Waals surface area contributed by atoms with Gasteiger partial charge in [0.15, 0.2) is 0 Å². The Morgan fingerprint density at radius 1 is 1.20 bits per heavy atom. The Balaban J connectivity index is 3.01. The maximum atomic E-state index is 11.2. The van der Waals surface area contributed by atoms with E-state index in [0.29, 0.717) is 19.5 Å². The Morgan fingerprint density at radius 3 is 2.20 bits per heavy atom. The maximum absolute atomic E-state index is 11.2.